The molecule has 0 fully saturated rings. The molecule has 3 nitrogen and oxygen atoms in total. The molecule has 0 amide bonds. The van der Waals surface area contributed by atoms with Crippen molar-refractivity contribution in [1.29, 1.82) is 0 Å². The maximum Gasteiger partial charge on any atom is 0.0407 e. The number of benzene rings is 2. The number of hydrogen-bond donors (Lipinski definition) is 0. The zero-order valence-electron chi connectivity index (χ0n) is 10.9. The van der Waals surface area contributed by atoms with Crippen LogP contribution in [0.3, 0.4) is 0 Å². The molecule has 0 atom stereocenters. The van der Waals surface area contributed by atoms with Gasteiger partial charge in [0.25, 0.3) is 0 Å². The van der Waals surface area contributed by atoms with Crippen molar-refractivity contribution in [2.24, 2.45) is 5.11 Å². The summed E-state index contributed by atoms with van der Waals surface area (Å²) >= 11 is 0. The molecular weight excluding hydrogens is 234 g/mol. The summed E-state index contributed by atoms with van der Waals surface area (Å²) in [5.74, 6) is 0. The maximum absolute atomic E-state index is 8.52. The zero-order chi connectivity index (χ0) is 13.3. The van der Waals surface area contributed by atoms with E-state index in [2.05, 4.69) is 34.3 Å². The van der Waals surface area contributed by atoms with Gasteiger partial charge in [-0.25, -0.2) is 0 Å². The molecule has 2 aromatic rings. The second-order valence-corrected chi connectivity index (χ2v) is 4.51. The first-order chi connectivity index (χ1) is 9.40. The van der Waals surface area contributed by atoms with Crippen molar-refractivity contribution in [3.05, 3.63) is 76.2 Å². The smallest absolute Gasteiger partial charge is 0.0407 e. The summed E-state index contributed by atoms with van der Waals surface area (Å²) in [6.07, 6.45) is 4.31. The van der Waals surface area contributed by atoms with Gasteiger partial charge in [-0.05, 0) is 42.3 Å². The summed E-state index contributed by atoms with van der Waals surface area (Å²) in [5, 5.41) is 3.72. The molecule has 0 bridgehead atoms. The van der Waals surface area contributed by atoms with Gasteiger partial charge in [0.1, 0.15) is 0 Å². The number of unbranched alkanes of at least 4 members (excludes halogenated alkanes) is 1. The lowest BCUT2D eigenvalue weighted by Gasteiger charge is -2.05. The first-order valence-electron chi connectivity index (χ1n) is 6.57. The molecule has 3 heteroatoms. The lowest BCUT2D eigenvalue weighted by atomic mass is 10.0. The van der Waals surface area contributed by atoms with Gasteiger partial charge >= 0.3 is 0 Å². The highest BCUT2D eigenvalue weighted by Gasteiger charge is 1.99. The second kappa shape index (κ2) is 7.24. The van der Waals surface area contributed by atoms with Crippen LogP contribution >= 0.6 is 0 Å². The molecule has 0 radical (unpaired) electrons. The summed E-state index contributed by atoms with van der Waals surface area (Å²) in [6, 6.07) is 18.3. The van der Waals surface area contributed by atoms with E-state index < -0.39 is 0 Å². The SMILES string of the molecule is [N-]=[N+]=Nc1ccccc1CCCCc1ccccc1. The van der Waals surface area contributed by atoms with Crippen molar-refractivity contribution in [2.75, 3.05) is 0 Å². The van der Waals surface area contributed by atoms with Gasteiger partial charge in [0, 0.05) is 10.6 Å². The molecule has 2 aromatic carbocycles. The van der Waals surface area contributed by atoms with Crippen molar-refractivity contribution in [1.82, 2.24) is 0 Å². The Balaban J connectivity index is 1.84. The van der Waals surface area contributed by atoms with E-state index >= 15 is 0 Å². The normalized spacial score (nSPS) is 9.89. The molecule has 96 valence electrons. The first kappa shape index (κ1) is 13.2. The third-order valence-corrected chi connectivity index (χ3v) is 3.15. The van der Waals surface area contributed by atoms with Gasteiger partial charge < -0.3 is 0 Å². The highest BCUT2D eigenvalue weighted by Crippen LogP contribution is 2.21. The molecular formula is C16H17N3. The molecule has 19 heavy (non-hydrogen) atoms. The molecule has 2 rings (SSSR count). The summed E-state index contributed by atoms with van der Waals surface area (Å²) in [5.41, 5.74) is 11.8. The summed E-state index contributed by atoms with van der Waals surface area (Å²) < 4.78 is 0. The Morgan fingerprint density at radius 3 is 2.32 bits per heavy atom. The van der Waals surface area contributed by atoms with Crippen LogP contribution in [0.15, 0.2) is 59.7 Å². The Labute approximate surface area is 113 Å². The minimum Gasteiger partial charge on any atom is -0.0622 e. The van der Waals surface area contributed by atoms with Crippen molar-refractivity contribution in [3.8, 4) is 0 Å². The van der Waals surface area contributed by atoms with E-state index in [-0.39, 0.29) is 0 Å². The van der Waals surface area contributed by atoms with E-state index in [0.717, 1.165) is 36.9 Å². The van der Waals surface area contributed by atoms with Gasteiger partial charge in [0.05, 0.1) is 0 Å². The van der Waals surface area contributed by atoms with E-state index in [0.29, 0.717) is 0 Å². The number of aryl methyl sites for hydroxylation is 2. The van der Waals surface area contributed by atoms with Crippen LogP contribution < -0.4 is 0 Å². The highest BCUT2D eigenvalue weighted by atomic mass is 15.1. The fourth-order valence-electron chi connectivity index (χ4n) is 2.16. The van der Waals surface area contributed by atoms with Gasteiger partial charge in [-0.2, -0.15) is 0 Å². The van der Waals surface area contributed by atoms with Crippen LogP contribution in [0.4, 0.5) is 5.69 Å². The second-order valence-electron chi connectivity index (χ2n) is 4.51. The van der Waals surface area contributed by atoms with Crippen molar-refractivity contribution in [3.63, 3.8) is 0 Å². The average molecular weight is 251 g/mol. The summed E-state index contributed by atoms with van der Waals surface area (Å²) in [4.78, 5) is 2.87. The molecule has 0 aromatic heterocycles. The van der Waals surface area contributed by atoms with Crippen LogP contribution in [-0.2, 0) is 12.8 Å². The van der Waals surface area contributed by atoms with Crippen LogP contribution in [0.2, 0.25) is 0 Å². The fourth-order valence-corrected chi connectivity index (χ4v) is 2.16. The molecule has 0 aliphatic heterocycles. The maximum atomic E-state index is 8.52. The zero-order valence-corrected chi connectivity index (χ0v) is 10.9. The summed E-state index contributed by atoms with van der Waals surface area (Å²) in [6.45, 7) is 0. The highest BCUT2D eigenvalue weighted by molar-refractivity contribution is 5.45. The standard InChI is InChI=1S/C16H17N3/c17-19-18-16-13-7-6-12-15(16)11-5-4-10-14-8-2-1-3-9-14/h1-3,6-9,12-13H,4-5,10-11H2. The van der Waals surface area contributed by atoms with Gasteiger partial charge in [0.15, 0.2) is 0 Å². The average Bonchev–Trinajstić information content (AvgIpc) is 2.47. The molecule has 0 saturated heterocycles. The van der Waals surface area contributed by atoms with E-state index in [4.69, 9.17) is 5.53 Å². The van der Waals surface area contributed by atoms with Gasteiger partial charge in [0.2, 0.25) is 0 Å². The monoisotopic (exact) mass is 251 g/mol. The molecule has 0 N–H and O–H groups in total. The number of nitrogens with zero attached hydrogens (tertiary/aromatic N) is 3. The minimum atomic E-state index is 0.754. The lowest BCUT2D eigenvalue weighted by Crippen LogP contribution is -1.89. The molecule has 0 aliphatic carbocycles. The largest absolute Gasteiger partial charge is 0.0622 e. The lowest BCUT2D eigenvalue weighted by molar-refractivity contribution is 0.734. The number of rotatable bonds is 6. The predicted octanol–water partition coefficient (Wildman–Crippen LogP) is 5.19. The number of azide groups is 1. The minimum absolute atomic E-state index is 0.754. The van der Waals surface area contributed by atoms with E-state index in [1.54, 1.807) is 0 Å². The van der Waals surface area contributed by atoms with Crippen LogP contribution in [0.5, 0.6) is 0 Å². The van der Waals surface area contributed by atoms with Gasteiger partial charge in [-0.3, -0.25) is 0 Å². The van der Waals surface area contributed by atoms with E-state index in [1.807, 2.05) is 30.3 Å². The Morgan fingerprint density at radius 2 is 1.53 bits per heavy atom. The predicted molar refractivity (Wildman–Crippen MR) is 78.3 cm³/mol. The quantitative estimate of drug-likeness (QED) is 0.293. The third kappa shape index (κ3) is 4.16. The van der Waals surface area contributed by atoms with Gasteiger partial charge in [-0.15, -0.1) is 0 Å². The van der Waals surface area contributed by atoms with Crippen LogP contribution in [-0.4, -0.2) is 0 Å². The van der Waals surface area contributed by atoms with Crippen LogP contribution in [0.1, 0.15) is 24.0 Å². The van der Waals surface area contributed by atoms with E-state index in [1.165, 1.54) is 5.56 Å². The Morgan fingerprint density at radius 1 is 0.842 bits per heavy atom. The fraction of sp³-hybridized carbons (Fsp3) is 0.250. The third-order valence-electron chi connectivity index (χ3n) is 3.15. The Hall–Kier alpha value is -2.25. The van der Waals surface area contributed by atoms with Crippen LogP contribution in [0, 0.1) is 0 Å². The van der Waals surface area contributed by atoms with Gasteiger partial charge in [-0.1, -0.05) is 59.7 Å². The Bertz CT molecular complexity index is 557. The molecule has 0 unspecified atom stereocenters. The number of hydrogen-bond acceptors (Lipinski definition) is 1. The molecule has 0 aliphatic rings. The summed E-state index contributed by atoms with van der Waals surface area (Å²) in [7, 11) is 0. The first-order valence-corrected chi connectivity index (χ1v) is 6.57. The molecule has 0 spiro atoms. The van der Waals surface area contributed by atoms with E-state index in [9.17, 15) is 0 Å². The Kier molecular flexibility index (Phi) is 5.03. The van der Waals surface area contributed by atoms with Crippen molar-refractivity contribution < 1.29 is 0 Å². The topological polar surface area (TPSA) is 48.8 Å². The van der Waals surface area contributed by atoms with Crippen LogP contribution in [0.25, 0.3) is 10.4 Å². The molecule has 0 saturated carbocycles. The van der Waals surface area contributed by atoms with Crippen molar-refractivity contribution in [2.45, 2.75) is 25.7 Å². The molecule has 0 heterocycles. The van der Waals surface area contributed by atoms with Crippen molar-refractivity contribution >= 4 is 5.69 Å².